The lowest BCUT2D eigenvalue weighted by atomic mass is 10.4. The molecule has 1 N–H and O–H groups in total. The van der Waals surface area contributed by atoms with E-state index < -0.39 is 5.91 Å². The molecule has 1 heterocycles. The van der Waals surface area contributed by atoms with Crippen molar-refractivity contribution in [2.45, 2.75) is 13.3 Å². The number of nitrogens with zero attached hydrogens (tertiary/aromatic N) is 3. The van der Waals surface area contributed by atoms with Crippen LogP contribution in [-0.4, -0.2) is 47.6 Å². The molecule has 1 aromatic heterocycles. The lowest BCUT2D eigenvalue weighted by molar-refractivity contribution is -0.121. The number of rotatable bonds is 5. The molecular weight excluding hydrogens is 236 g/mol. The van der Waals surface area contributed by atoms with Gasteiger partial charge in [0.2, 0.25) is 11.8 Å². The van der Waals surface area contributed by atoms with Crippen LogP contribution >= 0.6 is 0 Å². The van der Waals surface area contributed by atoms with E-state index in [1.165, 1.54) is 19.0 Å². The number of carbonyl (C=O) groups excluding carboxylic acids is 2. The van der Waals surface area contributed by atoms with Crippen LogP contribution in [0.2, 0.25) is 0 Å². The van der Waals surface area contributed by atoms with Crippen molar-refractivity contribution >= 4 is 11.8 Å². The summed E-state index contributed by atoms with van der Waals surface area (Å²) < 4.78 is 5.19. The molecular formula is C11H16N4O3. The molecule has 98 valence electrons. The molecule has 2 amide bonds. The van der Waals surface area contributed by atoms with Gasteiger partial charge < -0.3 is 14.6 Å². The third-order valence-corrected chi connectivity index (χ3v) is 2.18. The summed E-state index contributed by atoms with van der Waals surface area (Å²) >= 11 is 0. The summed E-state index contributed by atoms with van der Waals surface area (Å²) in [5.41, 5.74) is 0. The highest BCUT2D eigenvalue weighted by atomic mass is 16.4. The molecule has 1 aromatic rings. The van der Waals surface area contributed by atoms with Gasteiger partial charge in [-0.2, -0.15) is 0 Å². The molecule has 0 unspecified atom stereocenters. The van der Waals surface area contributed by atoms with Gasteiger partial charge in [0.1, 0.15) is 0 Å². The number of amides is 2. The van der Waals surface area contributed by atoms with Gasteiger partial charge in [-0.25, -0.2) is 0 Å². The van der Waals surface area contributed by atoms with Crippen molar-refractivity contribution in [2.75, 3.05) is 20.6 Å². The zero-order valence-electron chi connectivity index (χ0n) is 10.6. The summed E-state index contributed by atoms with van der Waals surface area (Å²) in [5, 5.41) is 9.82. The first-order valence-corrected chi connectivity index (χ1v) is 5.48. The average molecular weight is 252 g/mol. The van der Waals surface area contributed by atoms with Crippen LogP contribution in [-0.2, 0) is 11.2 Å². The fourth-order valence-corrected chi connectivity index (χ4v) is 1.17. The molecule has 0 spiro atoms. The molecule has 7 nitrogen and oxygen atoms in total. The second-order valence-electron chi connectivity index (χ2n) is 3.61. The van der Waals surface area contributed by atoms with Gasteiger partial charge in [0.25, 0.3) is 0 Å². The van der Waals surface area contributed by atoms with Crippen LogP contribution < -0.4 is 5.32 Å². The normalized spacial score (nSPS) is 10.6. The Morgan fingerprint density at radius 1 is 1.44 bits per heavy atom. The number of nitrogens with one attached hydrogen (secondary N) is 1. The van der Waals surface area contributed by atoms with Gasteiger partial charge in [-0.15, -0.1) is 10.2 Å². The monoisotopic (exact) mass is 252 g/mol. The summed E-state index contributed by atoms with van der Waals surface area (Å²) in [6.45, 7) is 1.82. The number of carbonyl (C=O) groups is 2. The van der Waals surface area contributed by atoms with Crippen molar-refractivity contribution in [3.8, 4) is 0 Å². The van der Waals surface area contributed by atoms with Gasteiger partial charge in [-0.3, -0.25) is 9.59 Å². The SMILES string of the molecule is C/C=C/Cc1nnc(C(=O)N(C)CC(=O)NC)o1. The fraction of sp³-hybridized carbons (Fsp3) is 0.455. The predicted octanol–water partition coefficient (Wildman–Crippen LogP) is 0.00620. The Bertz CT molecular complexity index is 453. The topological polar surface area (TPSA) is 88.3 Å². The Kier molecular flexibility index (Phi) is 5.04. The van der Waals surface area contributed by atoms with Gasteiger partial charge in [0.15, 0.2) is 0 Å². The summed E-state index contributed by atoms with van der Waals surface area (Å²) in [6.07, 6.45) is 4.18. The lowest BCUT2D eigenvalue weighted by Gasteiger charge is -2.12. The highest BCUT2D eigenvalue weighted by Gasteiger charge is 2.20. The molecule has 0 bridgehead atoms. The van der Waals surface area contributed by atoms with Crippen molar-refractivity contribution in [2.24, 2.45) is 0 Å². The largest absolute Gasteiger partial charge is 0.417 e. The van der Waals surface area contributed by atoms with E-state index in [4.69, 9.17) is 4.42 Å². The molecule has 0 aliphatic heterocycles. The standard InChI is InChI=1S/C11H16N4O3/c1-4-5-6-9-13-14-10(18-9)11(17)15(3)7-8(16)12-2/h4-5H,6-7H2,1-3H3,(H,12,16)/b5-4+. The molecule has 0 aliphatic carbocycles. The van der Waals surface area contributed by atoms with Gasteiger partial charge in [-0.1, -0.05) is 12.2 Å². The number of hydrogen-bond donors (Lipinski definition) is 1. The van der Waals surface area contributed by atoms with E-state index >= 15 is 0 Å². The molecule has 7 heteroatoms. The van der Waals surface area contributed by atoms with Crippen LogP contribution in [0.25, 0.3) is 0 Å². The van der Waals surface area contributed by atoms with E-state index in [0.29, 0.717) is 12.3 Å². The fourth-order valence-electron chi connectivity index (χ4n) is 1.17. The van der Waals surface area contributed by atoms with Crippen LogP contribution in [0.1, 0.15) is 23.5 Å². The van der Waals surface area contributed by atoms with Crippen molar-refractivity contribution in [3.05, 3.63) is 23.9 Å². The van der Waals surface area contributed by atoms with Gasteiger partial charge in [0, 0.05) is 20.5 Å². The van der Waals surface area contributed by atoms with Crippen molar-refractivity contribution in [1.29, 1.82) is 0 Å². The average Bonchev–Trinajstić information content (AvgIpc) is 2.83. The molecule has 1 rings (SSSR count). The molecule has 0 atom stereocenters. The molecule has 0 saturated heterocycles. The molecule has 0 saturated carbocycles. The van der Waals surface area contributed by atoms with Crippen molar-refractivity contribution in [1.82, 2.24) is 20.4 Å². The van der Waals surface area contributed by atoms with Gasteiger partial charge >= 0.3 is 11.8 Å². The van der Waals surface area contributed by atoms with E-state index in [2.05, 4.69) is 15.5 Å². The van der Waals surface area contributed by atoms with E-state index in [0.717, 1.165) is 0 Å². The third kappa shape index (κ3) is 3.69. The maximum atomic E-state index is 11.8. The molecule has 0 fully saturated rings. The van der Waals surface area contributed by atoms with Crippen LogP contribution in [0, 0.1) is 0 Å². The highest BCUT2D eigenvalue weighted by molar-refractivity contribution is 5.92. The first-order chi connectivity index (χ1) is 8.58. The quantitative estimate of drug-likeness (QED) is 0.745. The van der Waals surface area contributed by atoms with Crippen LogP contribution in [0.3, 0.4) is 0 Å². The smallest absolute Gasteiger partial charge is 0.311 e. The summed E-state index contributed by atoms with van der Waals surface area (Å²) in [5.74, 6) is -0.483. The molecule has 0 aliphatic rings. The minimum atomic E-state index is -0.474. The third-order valence-electron chi connectivity index (χ3n) is 2.18. The summed E-state index contributed by atoms with van der Waals surface area (Å²) in [7, 11) is 3.00. The van der Waals surface area contributed by atoms with Gasteiger partial charge in [0.05, 0.1) is 6.54 Å². The summed E-state index contributed by atoms with van der Waals surface area (Å²) in [6, 6.07) is 0. The first-order valence-electron chi connectivity index (χ1n) is 5.48. The number of aromatic nitrogens is 2. The molecule has 18 heavy (non-hydrogen) atoms. The summed E-state index contributed by atoms with van der Waals surface area (Å²) in [4.78, 5) is 24.2. The lowest BCUT2D eigenvalue weighted by Crippen LogP contribution is -2.37. The van der Waals surface area contributed by atoms with Crippen LogP contribution in [0.15, 0.2) is 16.6 Å². The van der Waals surface area contributed by atoms with Crippen molar-refractivity contribution < 1.29 is 14.0 Å². The zero-order valence-corrected chi connectivity index (χ0v) is 10.6. The van der Waals surface area contributed by atoms with Crippen LogP contribution in [0.5, 0.6) is 0 Å². The first kappa shape index (κ1) is 13.9. The second kappa shape index (κ2) is 6.53. The van der Waals surface area contributed by atoms with Crippen LogP contribution in [0.4, 0.5) is 0 Å². The highest BCUT2D eigenvalue weighted by Crippen LogP contribution is 2.04. The Morgan fingerprint density at radius 2 is 2.17 bits per heavy atom. The molecule has 0 radical (unpaired) electrons. The maximum absolute atomic E-state index is 11.8. The number of likely N-dealkylation sites (N-methyl/N-ethyl adjacent to an activating group) is 2. The Hall–Kier alpha value is -2.18. The Labute approximate surface area is 105 Å². The second-order valence-corrected chi connectivity index (χ2v) is 3.61. The Balaban J connectivity index is 2.66. The van der Waals surface area contributed by atoms with E-state index in [-0.39, 0.29) is 18.3 Å². The minimum absolute atomic E-state index is 0.0537. The Morgan fingerprint density at radius 3 is 2.78 bits per heavy atom. The minimum Gasteiger partial charge on any atom is -0.417 e. The van der Waals surface area contributed by atoms with E-state index in [1.54, 1.807) is 0 Å². The number of allylic oxidation sites excluding steroid dienone is 2. The zero-order chi connectivity index (χ0) is 13.5. The maximum Gasteiger partial charge on any atom is 0.311 e. The molecule has 0 aromatic carbocycles. The predicted molar refractivity (Wildman–Crippen MR) is 63.8 cm³/mol. The number of hydrogen-bond acceptors (Lipinski definition) is 5. The van der Waals surface area contributed by atoms with Crippen molar-refractivity contribution in [3.63, 3.8) is 0 Å². The van der Waals surface area contributed by atoms with Gasteiger partial charge in [-0.05, 0) is 6.92 Å². The van der Waals surface area contributed by atoms with E-state index in [9.17, 15) is 9.59 Å². The van der Waals surface area contributed by atoms with E-state index in [1.807, 2.05) is 19.1 Å².